The van der Waals surface area contributed by atoms with E-state index in [1.54, 1.807) is 15.6 Å². The number of benzene rings is 1. The number of amides is 1. The molecular weight excluding hydrogens is 264 g/mol. The fourth-order valence-corrected chi connectivity index (χ4v) is 2.96. The van der Waals surface area contributed by atoms with Crippen LogP contribution >= 0.6 is 0 Å². The molecule has 0 bridgehead atoms. The Labute approximate surface area is 121 Å². The molecule has 5 nitrogen and oxygen atoms in total. The number of hydrogen-bond acceptors (Lipinski definition) is 3. The van der Waals surface area contributed by atoms with Crippen LogP contribution in [0, 0.1) is 6.92 Å². The Bertz CT molecular complexity index is 881. The van der Waals surface area contributed by atoms with Gasteiger partial charge in [0, 0.05) is 37.1 Å². The summed E-state index contributed by atoms with van der Waals surface area (Å²) in [6, 6.07) is 7.83. The van der Waals surface area contributed by atoms with Gasteiger partial charge in [0.2, 0.25) is 0 Å². The third kappa shape index (κ3) is 1.67. The Morgan fingerprint density at radius 3 is 3.00 bits per heavy atom. The number of aryl methyl sites for hydroxylation is 1. The van der Waals surface area contributed by atoms with Gasteiger partial charge in [-0.2, -0.15) is 5.10 Å². The lowest BCUT2D eigenvalue weighted by atomic mass is 10.0. The van der Waals surface area contributed by atoms with Crippen LogP contribution < -0.4 is 0 Å². The van der Waals surface area contributed by atoms with E-state index >= 15 is 0 Å². The quantitative estimate of drug-likeness (QED) is 0.686. The van der Waals surface area contributed by atoms with Crippen LogP contribution in [0.4, 0.5) is 0 Å². The first-order valence-electron chi connectivity index (χ1n) is 6.84. The van der Waals surface area contributed by atoms with Gasteiger partial charge < -0.3 is 4.90 Å². The number of nitrogens with zero attached hydrogens (tertiary/aromatic N) is 4. The van der Waals surface area contributed by atoms with Gasteiger partial charge in [-0.05, 0) is 36.2 Å². The Morgan fingerprint density at radius 2 is 2.14 bits per heavy atom. The Kier molecular flexibility index (Phi) is 2.39. The van der Waals surface area contributed by atoms with Gasteiger partial charge in [-0.25, -0.2) is 9.50 Å². The number of carbonyl (C=O) groups excluding carboxylic acids is 1. The predicted octanol–water partition coefficient (Wildman–Crippen LogP) is 2.29. The van der Waals surface area contributed by atoms with Gasteiger partial charge in [0.05, 0.1) is 5.69 Å². The molecule has 1 aliphatic rings. The summed E-state index contributed by atoms with van der Waals surface area (Å²) in [6.07, 6.45) is 3.66. The van der Waals surface area contributed by atoms with Crippen molar-refractivity contribution in [3.8, 4) is 11.1 Å². The number of hydrogen-bond donors (Lipinski definition) is 0. The van der Waals surface area contributed by atoms with Crippen molar-refractivity contribution in [3.05, 3.63) is 53.5 Å². The van der Waals surface area contributed by atoms with E-state index in [2.05, 4.69) is 16.1 Å². The minimum absolute atomic E-state index is 0.0891. The van der Waals surface area contributed by atoms with Crippen molar-refractivity contribution in [2.24, 2.45) is 0 Å². The molecule has 0 radical (unpaired) electrons. The molecule has 1 amide bonds. The molecule has 0 saturated heterocycles. The van der Waals surface area contributed by atoms with Crippen molar-refractivity contribution in [1.29, 1.82) is 0 Å². The lowest BCUT2D eigenvalue weighted by Gasteiger charge is -2.04. The van der Waals surface area contributed by atoms with E-state index in [4.69, 9.17) is 0 Å². The number of carbonyl (C=O) groups is 1. The van der Waals surface area contributed by atoms with E-state index in [1.807, 2.05) is 38.4 Å². The fourth-order valence-electron chi connectivity index (χ4n) is 2.96. The largest absolute Gasteiger partial charge is 0.337 e. The number of fused-ring (bicyclic) bond motifs is 2. The molecule has 0 saturated carbocycles. The van der Waals surface area contributed by atoms with Gasteiger partial charge in [-0.3, -0.25) is 4.79 Å². The summed E-state index contributed by atoms with van der Waals surface area (Å²) in [7, 11) is 1.82. The molecule has 1 aromatic carbocycles. The molecule has 3 aromatic rings. The van der Waals surface area contributed by atoms with Gasteiger partial charge in [0.25, 0.3) is 5.91 Å². The molecule has 4 rings (SSSR count). The molecule has 21 heavy (non-hydrogen) atoms. The highest BCUT2D eigenvalue weighted by atomic mass is 16.2. The van der Waals surface area contributed by atoms with Crippen molar-refractivity contribution in [2.45, 2.75) is 13.5 Å². The van der Waals surface area contributed by atoms with E-state index in [1.165, 1.54) is 0 Å². The highest BCUT2D eigenvalue weighted by Gasteiger charge is 2.25. The van der Waals surface area contributed by atoms with Crippen molar-refractivity contribution in [1.82, 2.24) is 19.5 Å². The van der Waals surface area contributed by atoms with Crippen LogP contribution in [-0.4, -0.2) is 32.5 Å². The highest BCUT2D eigenvalue weighted by molar-refractivity contribution is 5.99. The van der Waals surface area contributed by atoms with Gasteiger partial charge in [0.15, 0.2) is 5.65 Å². The third-order valence-corrected chi connectivity index (χ3v) is 3.95. The monoisotopic (exact) mass is 278 g/mol. The Balaban J connectivity index is 1.93. The molecule has 0 spiro atoms. The maximum Gasteiger partial charge on any atom is 0.254 e. The first-order valence-corrected chi connectivity index (χ1v) is 6.84. The second kappa shape index (κ2) is 4.15. The zero-order chi connectivity index (χ0) is 14.6. The van der Waals surface area contributed by atoms with Crippen LogP contribution in [0.15, 0.2) is 36.7 Å². The van der Waals surface area contributed by atoms with E-state index in [9.17, 15) is 4.79 Å². The summed E-state index contributed by atoms with van der Waals surface area (Å²) >= 11 is 0. The van der Waals surface area contributed by atoms with Crippen LogP contribution in [-0.2, 0) is 6.54 Å². The summed E-state index contributed by atoms with van der Waals surface area (Å²) in [6.45, 7) is 2.64. The highest BCUT2D eigenvalue weighted by Crippen LogP contribution is 2.31. The van der Waals surface area contributed by atoms with E-state index in [-0.39, 0.29) is 5.91 Å². The maximum atomic E-state index is 12.0. The van der Waals surface area contributed by atoms with Gasteiger partial charge in [0.1, 0.15) is 0 Å². The van der Waals surface area contributed by atoms with Crippen molar-refractivity contribution in [3.63, 3.8) is 0 Å². The van der Waals surface area contributed by atoms with Crippen molar-refractivity contribution < 1.29 is 4.79 Å². The molecule has 0 unspecified atom stereocenters. The SMILES string of the molecule is Cc1nn2cccnc2c1-c1ccc2c(c1)CN(C)C2=O. The van der Waals surface area contributed by atoms with Crippen molar-refractivity contribution in [2.75, 3.05) is 7.05 Å². The molecule has 0 atom stereocenters. The number of aromatic nitrogens is 3. The Morgan fingerprint density at radius 1 is 1.29 bits per heavy atom. The van der Waals surface area contributed by atoms with Crippen LogP contribution in [0.3, 0.4) is 0 Å². The molecule has 0 aliphatic carbocycles. The van der Waals surface area contributed by atoms with Gasteiger partial charge in [-0.1, -0.05) is 6.07 Å². The summed E-state index contributed by atoms with van der Waals surface area (Å²) in [4.78, 5) is 18.1. The van der Waals surface area contributed by atoms with E-state index in [0.29, 0.717) is 6.54 Å². The summed E-state index contributed by atoms with van der Waals surface area (Å²) in [5, 5.41) is 4.49. The summed E-state index contributed by atoms with van der Waals surface area (Å²) in [5.41, 5.74) is 5.72. The zero-order valence-corrected chi connectivity index (χ0v) is 11.9. The molecular formula is C16H14N4O. The Hall–Kier alpha value is -2.69. The smallest absolute Gasteiger partial charge is 0.254 e. The van der Waals surface area contributed by atoms with Crippen LogP contribution in [0.1, 0.15) is 21.6 Å². The lowest BCUT2D eigenvalue weighted by molar-refractivity contribution is 0.0816. The molecule has 5 heteroatoms. The minimum Gasteiger partial charge on any atom is -0.337 e. The normalized spacial score (nSPS) is 14.0. The molecule has 3 heterocycles. The maximum absolute atomic E-state index is 12.0. The second-order valence-electron chi connectivity index (χ2n) is 5.38. The first-order chi connectivity index (χ1) is 10.1. The summed E-state index contributed by atoms with van der Waals surface area (Å²) < 4.78 is 1.79. The number of rotatable bonds is 1. The molecule has 0 fully saturated rings. The molecule has 2 aromatic heterocycles. The fraction of sp³-hybridized carbons (Fsp3) is 0.188. The molecule has 104 valence electrons. The first kappa shape index (κ1) is 12.1. The second-order valence-corrected chi connectivity index (χ2v) is 5.38. The minimum atomic E-state index is 0.0891. The molecule has 1 aliphatic heterocycles. The summed E-state index contributed by atoms with van der Waals surface area (Å²) in [5.74, 6) is 0.0891. The topological polar surface area (TPSA) is 50.5 Å². The standard InChI is InChI=1S/C16H14N4O/c1-10-14(15-17-6-3-7-20(15)18-10)11-4-5-13-12(8-11)9-19(2)16(13)21/h3-8H,9H2,1-2H3. The lowest BCUT2D eigenvalue weighted by Crippen LogP contribution is -2.17. The zero-order valence-electron chi connectivity index (χ0n) is 11.9. The van der Waals surface area contributed by atoms with Crippen LogP contribution in [0.25, 0.3) is 16.8 Å². The van der Waals surface area contributed by atoms with Crippen molar-refractivity contribution >= 4 is 11.6 Å². The van der Waals surface area contributed by atoms with Crippen LogP contribution in [0.5, 0.6) is 0 Å². The average molecular weight is 278 g/mol. The average Bonchev–Trinajstić information content (AvgIpc) is 2.95. The van der Waals surface area contributed by atoms with E-state index < -0.39 is 0 Å². The van der Waals surface area contributed by atoms with Gasteiger partial charge >= 0.3 is 0 Å². The van der Waals surface area contributed by atoms with Crippen LogP contribution in [0.2, 0.25) is 0 Å². The van der Waals surface area contributed by atoms with Gasteiger partial charge in [-0.15, -0.1) is 0 Å². The molecule has 0 N–H and O–H groups in total. The van der Waals surface area contributed by atoms with E-state index in [0.717, 1.165) is 33.6 Å². The third-order valence-electron chi connectivity index (χ3n) is 3.95. The predicted molar refractivity (Wildman–Crippen MR) is 79.0 cm³/mol.